The molecule has 5 heteroatoms. The van der Waals surface area contributed by atoms with Crippen molar-refractivity contribution in [2.45, 2.75) is 39.5 Å². The number of nitrogens with one attached hydrogen (secondary N) is 1. The Morgan fingerprint density at radius 2 is 2.05 bits per heavy atom. The van der Waals surface area contributed by atoms with E-state index in [4.69, 9.17) is 4.74 Å². The van der Waals surface area contributed by atoms with Crippen molar-refractivity contribution in [2.75, 3.05) is 7.05 Å². The molecule has 1 atom stereocenters. The molecule has 0 amide bonds. The molecule has 1 N–H and O–H groups in total. The zero-order chi connectivity index (χ0) is 14.4. The van der Waals surface area contributed by atoms with Crippen LogP contribution in [0, 0.1) is 0 Å². The molecule has 0 bridgehead atoms. The lowest BCUT2D eigenvalue weighted by Gasteiger charge is -2.11. The number of ether oxygens (including phenoxy) is 1. The summed E-state index contributed by atoms with van der Waals surface area (Å²) in [4.78, 5) is 4.19. The highest BCUT2D eigenvalue weighted by Gasteiger charge is 2.04. The molecule has 1 unspecified atom stereocenters. The van der Waals surface area contributed by atoms with Crippen LogP contribution in [0.15, 0.2) is 30.6 Å². The van der Waals surface area contributed by atoms with Gasteiger partial charge in [-0.25, -0.2) is 9.67 Å². The van der Waals surface area contributed by atoms with Gasteiger partial charge in [-0.3, -0.25) is 0 Å². The first kappa shape index (κ1) is 14.5. The first-order chi connectivity index (χ1) is 9.72. The number of rotatable bonds is 7. The molecule has 1 aromatic heterocycles. The Balaban J connectivity index is 1.91. The molecule has 2 rings (SSSR count). The second-order valence-electron chi connectivity index (χ2n) is 4.82. The van der Waals surface area contributed by atoms with Crippen molar-refractivity contribution < 1.29 is 4.74 Å². The lowest BCUT2D eigenvalue weighted by molar-refractivity contribution is 0.287. The van der Waals surface area contributed by atoms with E-state index in [0.717, 1.165) is 24.5 Å². The summed E-state index contributed by atoms with van der Waals surface area (Å²) in [6, 6.07) is 8.70. The van der Waals surface area contributed by atoms with E-state index in [1.165, 1.54) is 5.56 Å². The number of hydrogen-bond acceptors (Lipinski definition) is 4. The van der Waals surface area contributed by atoms with Crippen LogP contribution >= 0.6 is 0 Å². The largest absolute Gasteiger partial charge is 0.486 e. The fraction of sp³-hybridized carbons (Fsp3) is 0.467. The summed E-state index contributed by atoms with van der Waals surface area (Å²) < 4.78 is 7.58. The highest BCUT2D eigenvalue weighted by molar-refractivity contribution is 5.27. The van der Waals surface area contributed by atoms with Crippen LogP contribution in [0.5, 0.6) is 5.75 Å². The SMILES string of the molecule is CCn1ncnc1COc1ccc(CC(C)NC)cc1. The molecule has 0 saturated carbocycles. The van der Waals surface area contributed by atoms with Crippen molar-refractivity contribution in [1.82, 2.24) is 20.1 Å². The number of hydrogen-bond donors (Lipinski definition) is 1. The Morgan fingerprint density at radius 3 is 2.70 bits per heavy atom. The van der Waals surface area contributed by atoms with Crippen LogP contribution in [-0.2, 0) is 19.6 Å². The number of benzene rings is 1. The van der Waals surface area contributed by atoms with Crippen LogP contribution in [0.4, 0.5) is 0 Å². The summed E-state index contributed by atoms with van der Waals surface area (Å²) >= 11 is 0. The summed E-state index contributed by atoms with van der Waals surface area (Å²) in [5.74, 6) is 1.71. The van der Waals surface area contributed by atoms with Gasteiger partial charge in [-0.2, -0.15) is 5.10 Å². The zero-order valence-electron chi connectivity index (χ0n) is 12.3. The second kappa shape index (κ2) is 7.05. The van der Waals surface area contributed by atoms with Gasteiger partial charge in [0.25, 0.3) is 0 Å². The molecule has 0 aliphatic heterocycles. The molecule has 0 spiro atoms. The predicted octanol–water partition coefficient (Wildman–Crippen LogP) is 2.03. The number of aromatic nitrogens is 3. The molecule has 5 nitrogen and oxygen atoms in total. The van der Waals surface area contributed by atoms with Gasteiger partial charge in [0.1, 0.15) is 18.7 Å². The minimum Gasteiger partial charge on any atom is -0.486 e. The minimum absolute atomic E-state index is 0.445. The second-order valence-corrected chi connectivity index (χ2v) is 4.82. The Bertz CT molecular complexity index is 521. The Hall–Kier alpha value is -1.88. The molecule has 20 heavy (non-hydrogen) atoms. The van der Waals surface area contributed by atoms with Gasteiger partial charge in [-0.05, 0) is 45.0 Å². The molecule has 2 aromatic rings. The van der Waals surface area contributed by atoms with Gasteiger partial charge in [0.05, 0.1) is 0 Å². The van der Waals surface area contributed by atoms with Crippen molar-refractivity contribution in [1.29, 1.82) is 0 Å². The van der Waals surface area contributed by atoms with Gasteiger partial charge in [0.2, 0.25) is 0 Å². The number of aryl methyl sites for hydroxylation is 1. The van der Waals surface area contributed by atoms with E-state index >= 15 is 0 Å². The summed E-state index contributed by atoms with van der Waals surface area (Å²) in [6.45, 7) is 5.46. The van der Waals surface area contributed by atoms with Crippen LogP contribution in [0.2, 0.25) is 0 Å². The minimum atomic E-state index is 0.445. The third kappa shape index (κ3) is 3.81. The topological polar surface area (TPSA) is 52.0 Å². The van der Waals surface area contributed by atoms with Crippen molar-refractivity contribution in [3.8, 4) is 5.75 Å². The molecular formula is C15H22N4O. The van der Waals surface area contributed by atoms with Crippen LogP contribution in [0.1, 0.15) is 25.2 Å². The lowest BCUT2D eigenvalue weighted by Crippen LogP contribution is -2.23. The van der Waals surface area contributed by atoms with Gasteiger partial charge in [0.15, 0.2) is 5.82 Å². The summed E-state index contributed by atoms with van der Waals surface area (Å²) in [5, 5.41) is 7.36. The fourth-order valence-electron chi connectivity index (χ4n) is 1.99. The number of likely N-dealkylation sites (N-methyl/N-ethyl adjacent to an activating group) is 1. The van der Waals surface area contributed by atoms with Gasteiger partial charge in [-0.1, -0.05) is 12.1 Å². The highest BCUT2D eigenvalue weighted by atomic mass is 16.5. The summed E-state index contributed by atoms with van der Waals surface area (Å²) in [5.41, 5.74) is 1.30. The predicted molar refractivity (Wildman–Crippen MR) is 78.7 cm³/mol. The summed E-state index contributed by atoms with van der Waals surface area (Å²) in [7, 11) is 1.98. The lowest BCUT2D eigenvalue weighted by atomic mass is 10.1. The third-order valence-corrected chi connectivity index (χ3v) is 3.32. The normalized spacial score (nSPS) is 12.3. The average Bonchev–Trinajstić information content (AvgIpc) is 2.94. The van der Waals surface area contributed by atoms with Crippen molar-refractivity contribution >= 4 is 0 Å². The maximum atomic E-state index is 5.74. The monoisotopic (exact) mass is 274 g/mol. The standard InChI is InChI=1S/C15H22N4O/c1-4-19-15(17-11-18-19)10-20-14-7-5-13(6-8-14)9-12(2)16-3/h5-8,11-12,16H,4,9-10H2,1-3H3. The molecule has 0 aliphatic carbocycles. The van der Waals surface area contributed by atoms with Crippen LogP contribution in [0.25, 0.3) is 0 Å². The molecule has 0 aliphatic rings. The maximum absolute atomic E-state index is 5.74. The van der Waals surface area contributed by atoms with E-state index in [0.29, 0.717) is 12.6 Å². The van der Waals surface area contributed by atoms with Crippen LogP contribution in [-0.4, -0.2) is 27.9 Å². The Morgan fingerprint density at radius 1 is 1.30 bits per heavy atom. The van der Waals surface area contributed by atoms with E-state index in [9.17, 15) is 0 Å². The third-order valence-electron chi connectivity index (χ3n) is 3.32. The van der Waals surface area contributed by atoms with Gasteiger partial charge < -0.3 is 10.1 Å². The van der Waals surface area contributed by atoms with E-state index < -0.39 is 0 Å². The molecular weight excluding hydrogens is 252 g/mol. The first-order valence-corrected chi connectivity index (χ1v) is 6.98. The van der Waals surface area contributed by atoms with Gasteiger partial charge in [-0.15, -0.1) is 0 Å². The Labute approximate surface area is 120 Å². The van der Waals surface area contributed by atoms with E-state index in [1.54, 1.807) is 6.33 Å². The molecule has 0 fully saturated rings. The van der Waals surface area contributed by atoms with Gasteiger partial charge in [0, 0.05) is 12.6 Å². The molecule has 108 valence electrons. The first-order valence-electron chi connectivity index (χ1n) is 6.98. The van der Waals surface area contributed by atoms with Gasteiger partial charge >= 0.3 is 0 Å². The zero-order valence-corrected chi connectivity index (χ0v) is 12.3. The van der Waals surface area contributed by atoms with E-state index in [2.05, 4.69) is 34.5 Å². The molecule has 0 radical (unpaired) electrons. The van der Waals surface area contributed by atoms with Crippen molar-refractivity contribution in [3.05, 3.63) is 42.0 Å². The number of nitrogens with zero attached hydrogens (tertiary/aromatic N) is 3. The fourth-order valence-corrected chi connectivity index (χ4v) is 1.99. The average molecular weight is 274 g/mol. The summed E-state index contributed by atoms with van der Waals surface area (Å²) in [6.07, 6.45) is 2.57. The maximum Gasteiger partial charge on any atom is 0.164 e. The van der Waals surface area contributed by atoms with E-state index in [-0.39, 0.29) is 0 Å². The molecule has 0 saturated heterocycles. The van der Waals surface area contributed by atoms with Crippen LogP contribution in [0.3, 0.4) is 0 Å². The van der Waals surface area contributed by atoms with E-state index in [1.807, 2.05) is 30.8 Å². The smallest absolute Gasteiger partial charge is 0.164 e. The quantitative estimate of drug-likeness (QED) is 0.839. The molecule has 1 heterocycles. The Kier molecular flexibility index (Phi) is 5.12. The highest BCUT2D eigenvalue weighted by Crippen LogP contribution is 2.14. The van der Waals surface area contributed by atoms with Crippen LogP contribution < -0.4 is 10.1 Å². The van der Waals surface area contributed by atoms with Crippen molar-refractivity contribution in [3.63, 3.8) is 0 Å². The molecule has 1 aromatic carbocycles. The van der Waals surface area contributed by atoms with Crippen molar-refractivity contribution in [2.24, 2.45) is 0 Å².